The summed E-state index contributed by atoms with van der Waals surface area (Å²) in [4.78, 5) is 43.3. The second-order valence-corrected chi connectivity index (χ2v) is 11.3. The SMILES string of the molecule is CC(C)(C)OC(=O)N1CCCC1C(=O)N(c1cccc(F)c1)[C@H](C(=O)NC1CC(F)(F)C1)c1ccccc1Cl. The van der Waals surface area contributed by atoms with Crippen molar-refractivity contribution in [3.8, 4) is 0 Å². The quantitative estimate of drug-likeness (QED) is 0.475. The van der Waals surface area contributed by atoms with Gasteiger partial charge in [-0.05, 0) is 57.9 Å². The Labute approximate surface area is 230 Å². The Balaban J connectivity index is 1.77. The fraction of sp³-hybridized carbons (Fsp3) is 0.464. The number of alkyl halides is 2. The number of likely N-dealkylation sites (tertiary alicyclic amines) is 1. The molecule has 1 aliphatic heterocycles. The molecule has 210 valence electrons. The molecule has 2 aromatic rings. The molecule has 0 spiro atoms. The van der Waals surface area contributed by atoms with Gasteiger partial charge < -0.3 is 10.1 Å². The van der Waals surface area contributed by atoms with E-state index in [1.165, 1.54) is 29.2 Å². The molecule has 1 aliphatic carbocycles. The van der Waals surface area contributed by atoms with Crippen LogP contribution in [0.25, 0.3) is 0 Å². The number of carbonyl (C=O) groups is 3. The largest absolute Gasteiger partial charge is 0.444 e. The van der Waals surface area contributed by atoms with Gasteiger partial charge in [-0.2, -0.15) is 0 Å². The van der Waals surface area contributed by atoms with Crippen LogP contribution in [-0.4, -0.2) is 53.0 Å². The molecule has 3 amide bonds. The molecule has 1 N–H and O–H groups in total. The third-order valence-corrected chi connectivity index (χ3v) is 6.98. The molecule has 1 saturated heterocycles. The molecule has 1 unspecified atom stereocenters. The number of amides is 3. The van der Waals surface area contributed by atoms with Crippen molar-refractivity contribution in [2.24, 2.45) is 0 Å². The normalized spacial score (nSPS) is 19.7. The molecule has 4 rings (SSSR count). The first-order chi connectivity index (χ1) is 18.3. The number of nitrogens with one attached hydrogen (secondary N) is 1. The molecule has 11 heteroatoms. The molecule has 2 atom stereocenters. The number of rotatable bonds is 6. The van der Waals surface area contributed by atoms with Gasteiger partial charge in [0, 0.05) is 41.7 Å². The zero-order valence-corrected chi connectivity index (χ0v) is 22.7. The Morgan fingerprint density at radius 3 is 2.44 bits per heavy atom. The predicted octanol–water partition coefficient (Wildman–Crippen LogP) is 5.87. The third-order valence-electron chi connectivity index (χ3n) is 6.63. The van der Waals surface area contributed by atoms with E-state index in [1.54, 1.807) is 39.0 Å². The lowest BCUT2D eigenvalue weighted by Crippen LogP contribution is -2.56. The molecule has 2 fully saturated rings. The number of nitrogens with zero attached hydrogens (tertiary/aromatic N) is 2. The monoisotopic (exact) mass is 565 g/mol. The smallest absolute Gasteiger partial charge is 0.410 e. The average molecular weight is 566 g/mol. The summed E-state index contributed by atoms with van der Waals surface area (Å²) in [6, 6.07) is 8.24. The van der Waals surface area contributed by atoms with E-state index >= 15 is 0 Å². The first-order valence-corrected chi connectivity index (χ1v) is 13.1. The van der Waals surface area contributed by atoms with Crippen LogP contribution in [0.1, 0.15) is 58.1 Å². The van der Waals surface area contributed by atoms with E-state index in [-0.39, 0.29) is 29.2 Å². The van der Waals surface area contributed by atoms with Gasteiger partial charge in [0.2, 0.25) is 5.91 Å². The predicted molar refractivity (Wildman–Crippen MR) is 140 cm³/mol. The zero-order valence-electron chi connectivity index (χ0n) is 21.9. The zero-order chi connectivity index (χ0) is 28.5. The van der Waals surface area contributed by atoms with E-state index in [9.17, 15) is 27.6 Å². The molecule has 0 bridgehead atoms. The Hall–Kier alpha value is -3.27. The van der Waals surface area contributed by atoms with Crippen molar-refractivity contribution in [2.45, 2.75) is 76.1 Å². The van der Waals surface area contributed by atoms with Gasteiger partial charge in [0.15, 0.2) is 0 Å². The van der Waals surface area contributed by atoms with Crippen molar-refractivity contribution < 1.29 is 32.3 Å². The van der Waals surface area contributed by atoms with Crippen molar-refractivity contribution in [2.75, 3.05) is 11.4 Å². The van der Waals surface area contributed by atoms with Crippen LogP contribution in [-0.2, 0) is 14.3 Å². The summed E-state index contributed by atoms with van der Waals surface area (Å²) in [6.07, 6.45) is -0.955. The summed E-state index contributed by atoms with van der Waals surface area (Å²) in [5, 5.41) is 2.76. The molecule has 2 aliphatic rings. The van der Waals surface area contributed by atoms with Crippen LogP contribution in [0.3, 0.4) is 0 Å². The molecule has 39 heavy (non-hydrogen) atoms. The molecule has 0 radical (unpaired) electrons. The second-order valence-electron chi connectivity index (χ2n) is 10.9. The lowest BCUT2D eigenvalue weighted by molar-refractivity contribution is -0.133. The standard InChI is InChI=1S/C28H31ClF3N3O4/c1-27(2,3)39-26(38)34-13-7-12-22(34)25(37)35(19-9-6-8-17(30)14-19)23(20-10-4-5-11-21(20)29)24(36)33-18-15-28(31,32)16-18/h4-6,8-11,14,18,22-23H,7,12-13,15-16H2,1-3H3,(H,33,36)/t22?,23-/m0/s1. The highest BCUT2D eigenvalue weighted by Crippen LogP contribution is 2.39. The number of ether oxygens (including phenoxy) is 1. The van der Waals surface area contributed by atoms with Gasteiger partial charge in [-0.3, -0.25) is 19.4 Å². The van der Waals surface area contributed by atoms with Crippen molar-refractivity contribution >= 4 is 35.2 Å². The fourth-order valence-corrected chi connectivity index (χ4v) is 5.13. The summed E-state index contributed by atoms with van der Waals surface area (Å²) < 4.78 is 47.0. The first kappa shape index (κ1) is 28.7. The Bertz CT molecular complexity index is 1240. The summed E-state index contributed by atoms with van der Waals surface area (Å²) in [5.74, 6) is -4.93. The lowest BCUT2D eigenvalue weighted by Gasteiger charge is -2.39. The minimum Gasteiger partial charge on any atom is -0.444 e. The van der Waals surface area contributed by atoms with Crippen LogP contribution in [0.4, 0.5) is 23.7 Å². The van der Waals surface area contributed by atoms with Gasteiger partial charge in [0.25, 0.3) is 11.8 Å². The highest BCUT2D eigenvalue weighted by Gasteiger charge is 2.48. The molecule has 7 nitrogen and oxygen atoms in total. The summed E-state index contributed by atoms with van der Waals surface area (Å²) >= 11 is 6.48. The second kappa shape index (κ2) is 11.1. The number of hydrogen-bond donors (Lipinski definition) is 1. The van der Waals surface area contributed by atoms with Crippen LogP contribution in [0.5, 0.6) is 0 Å². The van der Waals surface area contributed by atoms with Gasteiger partial charge in [0.05, 0.1) is 0 Å². The van der Waals surface area contributed by atoms with Crippen molar-refractivity contribution in [1.82, 2.24) is 10.2 Å². The van der Waals surface area contributed by atoms with Crippen LogP contribution in [0.15, 0.2) is 48.5 Å². The minimum atomic E-state index is -2.88. The minimum absolute atomic E-state index is 0.0510. The van der Waals surface area contributed by atoms with Gasteiger partial charge in [-0.25, -0.2) is 18.0 Å². The Morgan fingerprint density at radius 2 is 1.82 bits per heavy atom. The van der Waals surface area contributed by atoms with Crippen LogP contribution in [0, 0.1) is 5.82 Å². The number of carbonyl (C=O) groups excluding carboxylic acids is 3. The van der Waals surface area contributed by atoms with Gasteiger partial charge >= 0.3 is 6.09 Å². The van der Waals surface area contributed by atoms with E-state index in [0.29, 0.717) is 6.42 Å². The maximum absolute atomic E-state index is 14.4. The van der Waals surface area contributed by atoms with Crippen molar-refractivity contribution in [3.05, 3.63) is 64.9 Å². The summed E-state index contributed by atoms with van der Waals surface area (Å²) in [7, 11) is 0. The summed E-state index contributed by atoms with van der Waals surface area (Å²) in [6.45, 7) is 5.37. The molecule has 1 saturated carbocycles. The molecular formula is C28H31ClF3N3O4. The molecule has 0 aromatic heterocycles. The van der Waals surface area contributed by atoms with Crippen molar-refractivity contribution in [3.63, 3.8) is 0 Å². The molecule has 1 heterocycles. The first-order valence-electron chi connectivity index (χ1n) is 12.8. The Kier molecular flexibility index (Phi) is 8.16. The van der Waals surface area contributed by atoms with E-state index in [2.05, 4.69) is 5.32 Å². The maximum Gasteiger partial charge on any atom is 0.410 e. The fourth-order valence-electron chi connectivity index (χ4n) is 4.89. The van der Waals surface area contributed by atoms with E-state index < -0.39 is 66.2 Å². The number of halogens is 4. The highest BCUT2D eigenvalue weighted by molar-refractivity contribution is 6.31. The number of benzene rings is 2. The molecule has 2 aromatic carbocycles. The molecular weight excluding hydrogens is 535 g/mol. The average Bonchev–Trinajstić information content (AvgIpc) is 3.31. The van der Waals surface area contributed by atoms with Gasteiger partial charge in [-0.15, -0.1) is 0 Å². The van der Waals surface area contributed by atoms with Crippen molar-refractivity contribution in [1.29, 1.82) is 0 Å². The lowest BCUT2D eigenvalue weighted by atomic mass is 9.87. The van der Waals surface area contributed by atoms with E-state index in [4.69, 9.17) is 16.3 Å². The van der Waals surface area contributed by atoms with E-state index in [0.717, 1.165) is 11.0 Å². The third kappa shape index (κ3) is 6.66. The van der Waals surface area contributed by atoms with Crippen LogP contribution < -0.4 is 10.2 Å². The highest BCUT2D eigenvalue weighted by atomic mass is 35.5. The van der Waals surface area contributed by atoms with Crippen LogP contribution >= 0.6 is 11.6 Å². The number of hydrogen-bond acceptors (Lipinski definition) is 4. The maximum atomic E-state index is 14.4. The van der Waals surface area contributed by atoms with Gasteiger partial charge in [0.1, 0.15) is 23.5 Å². The summed E-state index contributed by atoms with van der Waals surface area (Å²) in [5.41, 5.74) is -0.530. The Morgan fingerprint density at radius 1 is 1.13 bits per heavy atom. The van der Waals surface area contributed by atoms with Crippen LogP contribution in [0.2, 0.25) is 5.02 Å². The van der Waals surface area contributed by atoms with E-state index in [1.807, 2.05) is 0 Å². The van der Waals surface area contributed by atoms with Gasteiger partial charge in [-0.1, -0.05) is 35.9 Å². The number of anilines is 1. The topological polar surface area (TPSA) is 79.0 Å².